The molecule has 3 aromatic heterocycles. The maximum atomic E-state index is 12.7. The third kappa shape index (κ3) is 2.25. The van der Waals surface area contributed by atoms with Crippen molar-refractivity contribution >= 4 is 21.9 Å². The fourth-order valence-corrected chi connectivity index (χ4v) is 2.39. The van der Waals surface area contributed by atoms with E-state index in [2.05, 4.69) is 16.2 Å². The Kier molecular flexibility index (Phi) is 3.84. The summed E-state index contributed by atoms with van der Waals surface area (Å²) >= 11 is 0. The maximum absolute atomic E-state index is 12.7. The first-order chi connectivity index (χ1) is 10.3. The van der Waals surface area contributed by atoms with Gasteiger partial charge < -0.3 is 14.4 Å². The van der Waals surface area contributed by atoms with Gasteiger partial charge in [0.25, 0.3) is 0 Å². The summed E-state index contributed by atoms with van der Waals surface area (Å²) in [6.07, 6.45) is 6.04. The molecule has 4 rings (SSSR count). The molecule has 0 atom stereocenters. The number of nitrogens with zero attached hydrogens (tertiary/aromatic N) is 2. The van der Waals surface area contributed by atoms with Gasteiger partial charge >= 0.3 is 0 Å². The number of fused-ring (bicyclic) bond motifs is 2. The summed E-state index contributed by atoms with van der Waals surface area (Å²) in [5, 5.41) is 1.00. The van der Waals surface area contributed by atoms with Crippen LogP contribution in [0, 0.1) is 6.20 Å². The average Bonchev–Trinajstić information content (AvgIpc) is 2.55. The van der Waals surface area contributed by atoms with Crippen LogP contribution in [-0.2, 0) is 20.1 Å². The first-order valence-corrected chi connectivity index (χ1v) is 6.48. The van der Waals surface area contributed by atoms with Crippen LogP contribution in [0.1, 0.15) is 0 Å². The SMILES string of the molecule is O=c1c2ccccc2oc2cn[c-]c(-c3ccccn3)c12.[Ir]. The van der Waals surface area contributed by atoms with E-state index in [-0.39, 0.29) is 25.5 Å². The van der Waals surface area contributed by atoms with Gasteiger partial charge in [0.15, 0.2) is 5.43 Å². The van der Waals surface area contributed by atoms with Crippen molar-refractivity contribution in [2.75, 3.05) is 0 Å². The molecule has 0 N–H and O–H groups in total. The normalized spacial score (nSPS) is 10.5. The number of hydrogen-bond acceptors (Lipinski definition) is 4. The van der Waals surface area contributed by atoms with E-state index in [1.54, 1.807) is 18.3 Å². The molecule has 0 aliphatic carbocycles. The monoisotopic (exact) mass is 466 g/mol. The van der Waals surface area contributed by atoms with Crippen LogP contribution < -0.4 is 5.43 Å². The van der Waals surface area contributed by atoms with Crippen molar-refractivity contribution in [1.82, 2.24) is 9.97 Å². The number of hydrogen-bond donors (Lipinski definition) is 0. The summed E-state index contributed by atoms with van der Waals surface area (Å²) in [7, 11) is 0. The Bertz CT molecular complexity index is 1010. The van der Waals surface area contributed by atoms with Crippen LogP contribution in [-0.4, -0.2) is 9.97 Å². The molecule has 3 heterocycles. The van der Waals surface area contributed by atoms with E-state index in [9.17, 15) is 4.79 Å². The first-order valence-electron chi connectivity index (χ1n) is 6.48. The zero-order valence-corrected chi connectivity index (χ0v) is 13.6. The summed E-state index contributed by atoms with van der Waals surface area (Å²) in [5.74, 6) is 0. The molecule has 0 amide bonds. The summed E-state index contributed by atoms with van der Waals surface area (Å²) in [5.41, 5.74) is 2.12. The third-order valence-electron chi connectivity index (χ3n) is 3.35. The Balaban J connectivity index is 0.00000144. The summed E-state index contributed by atoms with van der Waals surface area (Å²) in [6, 6.07) is 12.7. The molecule has 0 fully saturated rings. The Morgan fingerprint density at radius 1 is 1.00 bits per heavy atom. The van der Waals surface area contributed by atoms with Crippen LogP contribution in [0.5, 0.6) is 0 Å². The minimum atomic E-state index is -0.0915. The van der Waals surface area contributed by atoms with Gasteiger partial charge in [0.05, 0.1) is 11.0 Å². The quantitative estimate of drug-likeness (QED) is 0.320. The van der Waals surface area contributed by atoms with Crippen LogP contribution in [0.2, 0.25) is 0 Å². The molecule has 5 heteroatoms. The van der Waals surface area contributed by atoms with Crippen LogP contribution >= 0.6 is 0 Å². The van der Waals surface area contributed by atoms with Crippen LogP contribution in [0.15, 0.2) is 64.1 Å². The van der Waals surface area contributed by atoms with Gasteiger partial charge in [-0.2, -0.15) is 0 Å². The molecular formula is C17H9IrN2O2-. The zero-order valence-electron chi connectivity index (χ0n) is 11.2. The number of benzene rings is 1. The van der Waals surface area contributed by atoms with E-state index >= 15 is 0 Å². The van der Waals surface area contributed by atoms with Gasteiger partial charge in [0, 0.05) is 26.3 Å². The first kappa shape index (κ1) is 14.6. The minimum Gasteiger partial charge on any atom is -0.474 e. The number of para-hydroxylation sites is 1. The van der Waals surface area contributed by atoms with Crippen molar-refractivity contribution in [2.24, 2.45) is 0 Å². The summed E-state index contributed by atoms with van der Waals surface area (Å²) in [4.78, 5) is 21.1. The van der Waals surface area contributed by atoms with E-state index in [4.69, 9.17) is 4.42 Å². The third-order valence-corrected chi connectivity index (χ3v) is 3.35. The molecule has 0 bridgehead atoms. The van der Waals surface area contributed by atoms with E-state index in [0.717, 1.165) is 0 Å². The molecule has 1 aromatic carbocycles. The maximum Gasteiger partial charge on any atom is 0.159 e. The molecule has 0 spiro atoms. The Hall–Kier alpha value is -2.36. The van der Waals surface area contributed by atoms with Crippen molar-refractivity contribution < 1.29 is 24.5 Å². The predicted molar refractivity (Wildman–Crippen MR) is 79.9 cm³/mol. The van der Waals surface area contributed by atoms with E-state index in [1.165, 1.54) is 6.20 Å². The average molecular weight is 465 g/mol. The van der Waals surface area contributed by atoms with Gasteiger partial charge in [0.1, 0.15) is 5.58 Å². The standard InChI is InChI=1S/C17H9N2O2.Ir/c20-17-11-5-1-2-7-14(11)21-15-10-18-9-12(16(15)17)13-6-3-4-8-19-13;/h1-8,10H;/q-1;. The second-order valence-corrected chi connectivity index (χ2v) is 4.63. The van der Waals surface area contributed by atoms with E-state index in [1.807, 2.05) is 30.3 Å². The van der Waals surface area contributed by atoms with Gasteiger partial charge in [-0.1, -0.05) is 29.8 Å². The van der Waals surface area contributed by atoms with Crippen molar-refractivity contribution in [3.8, 4) is 11.3 Å². The minimum absolute atomic E-state index is 0. The fourth-order valence-electron chi connectivity index (χ4n) is 2.39. The van der Waals surface area contributed by atoms with Crippen molar-refractivity contribution in [3.05, 3.63) is 71.3 Å². The smallest absolute Gasteiger partial charge is 0.159 e. The largest absolute Gasteiger partial charge is 0.474 e. The molecule has 0 aliphatic rings. The van der Waals surface area contributed by atoms with Gasteiger partial charge in [-0.25, -0.2) is 0 Å². The van der Waals surface area contributed by atoms with Crippen LogP contribution in [0.3, 0.4) is 0 Å². The molecule has 22 heavy (non-hydrogen) atoms. The topological polar surface area (TPSA) is 56.0 Å². The number of rotatable bonds is 1. The predicted octanol–water partition coefficient (Wildman–Crippen LogP) is 3.20. The second kappa shape index (κ2) is 5.79. The number of pyridine rings is 2. The Morgan fingerprint density at radius 2 is 1.82 bits per heavy atom. The molecule has 0 saturated carbocycles. The molecule has 0 saturated heterocycles. The molecule has 4 nitrogen and oxygen atoms in total. The molecule has 0 unspecified atom stereocenters. The van der Waals surface area contributed by atoms with Gasteiger partial charge in [-0.05, 0) is 41.7 Å². The molecule has 109 valence electrons. The summed E-state index contributed by atoms with van der Waals surface area (Å²) < 4.78 is 5.78. The fraction of sp³-hybridized carbons (Fsp3) is 0. The van der Waals surface area contributed by atoms with Crippen molar-refractivity contribution in [2.45, 2.75) is 0 Å². The number of aromatic nitrogens is 2. The molecule has 0 aliphatic heterocycles. The van der Waals surface area contributed by atoms with Crippen LogP contribution in [0.25, 0.3) is 33.2 Å². The Morgan fingerprint density at radius 3 is 2.64 bits per heavy atom. The molecule has 4 aromatic rings. The van der Waals surface area contributed by atoms with Gasteiger partial charge in [0.2, 0.25) is 0 Å². The van der Waals surface area contributed by atoms with Crippen LogP contribution in [0.4, 0.5) is 0 Å². The zero-order chi connectivity index (χ0) is 14.2. The van der Waals surface area contributed by atoms with Gasteiger partial charge in [-0.3, -0.25) is 4.79 Å². The van der Waals surface area contributed by atoms with Crippen molar-refractivity contribution in [3.63, 3.8) is 0 Å². The summed E-state index contributed by atoms with van der Waals surface area (Å²) in [6.45, 7) is 0. The molecule has 1 radical (unpaired) electrons. The van der Waals surface area contributed by atoms with E-state index in [0.29, 0.717) is 33.2 Å². The van der Waals surface area contributed by atoms with E-state index < -0.39 is 0 Å². The second-order valence-electron chi connectivity index (χ2n) is 4.63. The Labute approximate surface area is 139 Å². The van der Waals surface area contributed by atoms with Gasteiger partial charge in [-0.15, -0.1) is 0 Å². The van der Waals surface area contributed by atoms with Crippen molar-refractivity contribution in [1.29, 1.82) is 0 Å². The molecular weight excluding hydrogens is 456 g/mol.